The van der Waals surface area contributed by atoms with Crippen LogP contribution in [-0.4, -0.2) is 50.9 Å². The molecule has 3 amide bonds. The van der Waals surface area contributed by atoms with E-state index in [1.165, 1.54) is 0 Å². The highest BCUT2D eigenvalue weighted by Crippen LogP contribution is 2.32. The molecule has 31 heavy (non-hydrogen) atoms. The number of imide groups is 1. The zero-order chi connectivity index (χ0) is 22.0. The van der Waals surface area contributed by atoms with E-state index in [1.807, 2.05) is 23.9 Å². The summed E-state index contributed by atoms with van der Waals surface area (Å²) in [5, 5.41) is 3.41. The van der Waals surface area contributed by atoms with Crippen LogP contribution in [0.3, 0.4) is 0 Å². The predicted octanol–water partition coefficient (Wildman–Crippen LogP) is 4.76. The molecule has 9 heteroatoms. The van der Waals surface area contributed by atoms with Gasteiger partial charge in [-0.2, -0.15) is 11.8 Å². The zero-order valence-electron chi connectivity index (χ0n) is 17.1. The van der Waals surface area contributed by atoms with Crippen LogP contribution < -0.4 is 5.32 Å². The highest BCUT2D eigenvalue weighted by molar-refractivity contribution is 8.04. The first kappa shape index (κ1) is 21.9. The maximum absolute atomic E-state index is 12.5. The Morgan fingerprint density at radius 3 is 2.48 bits per heavy atom. The normalized spacial score (nSPS) is 13.3. The molecule has 0 bridgehead atoms. The van der Waals surface area contributed by atoms with Gasteiger partial charge in [0.05, 0.1) is 21.3 Å². The molecule has 0 fully saturated rings. The molecule has 0 aliphatic carbocycles. The minimum atomic E-state index is -0.439. The van der Waals surface area contributed by atoms with Crippen molar-refractivity contribution in [2.24, 2.45) is 0 Å². The predicted molar refractivity (Wildman–Crippen MR) is 128 cm³/mol. The molecule has 160 valence electrons. The highest BCUT2D eigenvalue weighted by atomic mass is 32.2. The fourth-order valence-corrected chi connectivity index (χ4v) is 6.20. The summed E-state index contributed by atoms with van der Waals surface area (Å²) >= 11 is 5.27. The minimum absolute atomic E-state index is 0.318. The van der Waals surface area contributed by atoms with Gasteiger partial charge in [0.15, 0.2) is 4.34 Å². The average molecular weight is 472 g/mol. The van der Waals surface area contributed by atoms with E-state index in [-0.39, 0.29) is 6.54 Å². The lowest BCUT2D eigenvalue weighted by Crippen LogP contribution is -2.37. The van der Waals surface area contributed by atoms with E-state index in [1.54, 1.807) is 53.4 Å². The van der Waals surface area contributed by atoms with Gasteiger partial charge in [0, 0.05) is 17.2 Å². The number of hydrogen-bond acceptors (Lipinski definition) is 7. The van der Waals surface area contributed by atoms with E-state index >= 15 is 0 Å². The second-order valence-corrected chi connectivity index (χ2v) is 11.3. The minimum Gasteiger partial charge on any atom is -0.324 e. The Labute approximate surface area is 192 Å². The number of fused-ring (bicyclic) bond motifs is 2. The maximum Gasteiger partial charge on any atom is 0.262 e. The molecule has 4 rings (SSSR count). The smallest absolute Gasteiger partial charge is 0.262 e. The summed E-state index contributed by atoms with van der Waals surface area (Å²) in [5.74, 6) is 0.791. The van der Waals surface area contributed by atoms with Crippen LogP contribution >= 0.6 is 34.9 Å². The molecule has 6 nitrogen and oxygen atoms in total. The Hall–Kier alpha value is -2.36. The molecule has 2 aromatic carbocycles. The van der Waals surface area contributed by atoms with Crippen LogP contribution in [0, 0.1) is 0 Å². The van der Waals surface area contributed by atoms with Crippen LogP contribution in [0.1, 0.15) is 34.6 Å². The summed E-state index contributed by atoms with van der Waals surface area (Å²) in [5.41, 5.74) is 2.18. The lowest BCUT2D eigenvalue weighted by atomic mass is 10.1. The fraction of sp³-hybridized carbons (Fsp3) is 0.273. The monoisotopic (exact) mass is 471 g/mol. The molecule has 0 unspecified atom stereocenters. The number of nitrogens with zero attached hydrogens (tertiary/aromatic N) is 2. The number of rotatable bonds is 8. The van der Waals surface area contributed by atoms with Crippen LogP contribution in [0.5, 0.6) is 0 Å². The first-order chi connectivity index (χ1) is 14.9. The number of aromatic nitrogens is 1. The fourth-order valence-electron chi connectivity index (χ4n) is 3.18. The van der Waals surface area contributed by atoms with Crippen LogP contribution in [0.4, 0.5) is 5.69 Å². The number of anilines is 1. The first-order valence-electron chi connectivity index (χ1n) is 9.82. The number of benzene rings is 2. The average Bonchev–Trinajstić information content (AvgIpc) is 3.25. The van der Waals surface area contributed by atoms with Crippen molar-refractivity contribution in [1.82, 2.24) is 9.88 Å². The van der Waals surface area contributed by atoms with Crippen molar-refractivity contribution >= 4 is 68.5 Å². The SMILES string of the molecule is CC(C)SCCSc1nc2ccc(NC(=O)CN3C(=O)c4ccccc4C3=O)cc2s1. The molecule has 0 atom stereocenters. The van der Waals surface area contributed by atoms with E-state index in [9.17, 15) is 14.4 Å². The Morgan fingerprint density at radius 2 is 1.81 bits per heavy atom. The van der Waals surface area contributed by atoms with Crippen molar-refractivity contribution in [2.75, 3.05) is 23.4 Å². The largest absolute Gasteiger partial charge is 0.324 e. The molecule has 0 saturated heterocycles. The van der Waals surface area contributed by atoms with Gasteiger partial charge in [-0.15, -0.1) is 11.3 Å². The van der Waals surface area contributed by atoms with Gasteiger partial charge < -0.3 is 5.32 Å². The summed E-state index contributed by atoms with van der Waals surface area (Å²) in [6, 6.07) is 12.1. The summed E-state index contributed by atoms with van der Waals surface area (Å²) in [7, 11) is 0. The number of thioether (sulfide) groups is 2. The number of thiazole rings is 1. The van der Waals surface area contributed by atoms with Crippen molar-refractivity contribution < 1.29 is 14.4 Å². The summed E-state index contributed by atoms with van der Waals surface area (Å²) in [6.07, 6.45) is 0. The van der Waals surface area contributed by atoms with Gasteiger partial charge in [-0.25, -0.2) is 4.98 Å². The van der Waals surface area contributed by atoms with Crippen molar-refractivity contribution in [3.8, 4) is 0 Å². The Bertz CT molecular complexity index is 1120. The van der Waals surface area contributed by atoms with Gasteiger partial charge in [0.1, 0.15) is 6.54 Å². The number of nitrogens with one attached hydrogen (secondary N) is 1. The third kappa shape index (κ3) is 4.94. The molecule has 0 radical (unpaired) electrons. The number of carbonyl (C=O) groups is 3. The summed E-state index contributed by atoms with van der Waals surface area (Å²) < 4.78 is 1.99. The Morgan fingerprint density at radius 1 is 1.10 bits per heavy atom. The van der Waals surface area contributed by atoms with Gasteiger partial charge >= 0.3 is 0 Å². The molecular formula is C22H21N3O3S3. The number of amides is 3. The Kier molecular flexibility index (Phi) is 6.64. The second-order valence-electron chi connectivity index (χ2n) is 7.22. The molecule has 1 aliphatic rings. The lowest BCUT2D eigenvalue weighted by Gasteiger charge is -2.13. The van der Waals surface area contributed by atoms with Gasteiger partial charge in [0.25, 0.3) is 11.8 Å². The quantitative estimate of drug-likeness (QED) is 0.290. The molecule has 3 aromatic rings. The van der Waals surface area contributed by atoms with Crippen LogP contribution in [0.25, 0.3) is 10.2 Å². The van der Waals surface area contributed by atoms with E-state index < -0.39 is 17.7 Å². The van der Waals surface area contributed by atoms with E-state index in [0.717, 1.165) is 31.0 Å². The maximum atomic E-state index is 12.5. The zero-order valence-corrected chi connectivity index (χ0v) is 19.5. The Balaban J connectivity index is 1.38. The van der Waals surface area contributed by atoms with E-state index in [0.29, 0.717) is 22.1 Å². The molecular weight excluding hydrogens is 450 g/mol. The van der Waals surface area contributed by atoms with E-state index in [4.69, 9.17) is 0 Å². The van der Waals surface area contributed by atoms with Crippen LogP contribution in [0.2, 0.25) is 0 Å². The van der Waals surface area contributed by atoms with E-state index in [2.05, 4.69) is 24.1 Å². The molecule has 1 aliphatic heterocycles. The molecule has 2 heterocycles. The van der Waals surface area contributed by atoms with Gasteiger partial charge in [0.2, 0.25) is 5.91 Å². The standard InChI is InChI=1S/C22H21N3O3S3/c1-13(2)29-9-10-30-22-24-17-8-7-14(11-18(17)31-22)23-19(26)12-25-20(27)15-5-3-4-6-16(15)21(25)28/h3-8,11,13H,9-10,12H2,1-2H3,(H,23,26). The molecule has 0 saturated carbocycles. The van der Waals surface area contributed by atoms with Crippen molar-refractivity contribution in [1.29, 1.82) is 0 Å². The van der Waals surface area contributed by atoms with Crippen molar-refractivity contribution in [3.05, 3.63) is 53.6 Å². The second kappa shape index (κ2) is 9.42. The molecule has 1 aromatic heterocycles. The van der Waals surface area contributed by atoms with Crippen molar-refractivity contribution in [2.45, 2.75) is 23.4 Å². The van der Waals surface area contributed by atoms with Gasteiger partial charge in [-0.3, -0.25) is 19.3 Å². The highest BCUT2D eigenvalue weighted by Gasteiger charge is 2.36. The first-order valence-corrected chi connectivity index (χ1v) is 12.7. The summed E-state index contributed by atoms with van der Waals surface area (Å²) in [4.78, 5) is 43.0. The molecule has 1 N–H and O–H groups in total. The van der Waals surface area contributed by atoms with Crippen molar-refractivity contribution in [3.63, 3.8) is 0 Å². The topological polar surface area (TPSA) is 79.4 Å². The number of carbonyl (C=O) groups excluding carboxylic acids is 3. The third-order valence-corrected chi connectivity index (χ3v) is 8.12. The summed E-state index contributed by atoms with van der Waals surface area (Å²) in [6.45, 7) is 4.07. The van der Waals surface area contributed by atoms with Crippen LogP contribution in [0.15, 0.2) is 46.8 Å². The van der Waals surface area contributed by atoms with Gasteiger partial charge in [-0.1, -0.05) is 37.7 Å². The molecule has 0 spiro atoms. The van der Waals surface area contributed by atoms with Crippen LogP contribution in [-0.2, 0) is 4.79 Å². The third-order valence-electron chi connectivity index (χ3n) is 4.59. The number of hydrogen-bond donors (Lipinski definition) is 1. The van der Waals surface area contributed by atoms with Gasteiger partial charge in [-0.05, 0) is 35.6 Å². The lowest BCUT2D eigenvalue weighted by molar-refractivity contribution is -0.116.